The first-order valence-electron chi connectivity index (χ1n) is 13.0. The number of hydrogen-bond acceptors (Lipinski definition) is 7. The molecule has 10 nitrogen and oxygen atoms in total. The van der Waals surface area contributed by atoms with E-state index in [-0.39, 0.29) is 18.0 Å². The summed E-state index contributed by atoms with van der Waals surface area (Å²) in [5.74, 6) is 1.18. The second-order valence-electron chi connectivity index (χ2n) is 10.1. The molecule has 0 unspecified atom stereocenters. The van der Waals surface area contributed by atoms with E-state index < -0.39 is 0 Å². The lowest BCUT2D eigenvalue weighted by Crippen LogP contribution is -2.47. The number of methoxy groups -OCH3 is 2. The summed E-state index contributed by atoms with van der Waals surface area (Å²) in [5.41, 5.74) is 13.3. The van der Waals surface area contributed by atoms with Gasteiger partial charge in [-0.05, 0) is 43.7 Å². The van der Waals surface area contributed by atoms with Crippen LogP contribution >= 0.6 is 23.2 Å². The Morgan fingerprint density at radius 2 is 1.49 bits per heavy atom. The number of likely N-dealkylation sites (tertiary alicyclic amines) is 2. The average Bonchev–Trinajstić information content (AvgIpc) is 2.93. The first-order chi connectivity index (χ1) is 18.7. The molecule has 0 aliphatic carbocycles. The van der Waals surface area contributed by atoms with Gasteiger partial charge in [0, 0.05) is 50.9 Å². The third-order valence-corrected chi connectivity index (χ3v) is 8.12. The van der Waals surface area contributed by atoms with Gasteiger partial charge in [-0.1, -0.05) is 23.2 Å². The van der Waals surface area contributed by atoms with E-state index in [1.165, 1.54) is 14.2 Å². The molecule has 0 saturated carbocycles. The SMILES string of the molecule is COc1cc(N)c(Cl)cc1NC(=O)N1CCC(CN2CCC(NC(=O)c3cc(Cl)c(N)cc3OC)CC2)CC1. The van der Waals surface area contributed by atoms with Crippen molar-refractivity contribution in [1.82, 2.24) is 15.1 Å². The number of nitrogens with zero attached hydrogens (tertiary/aromatic N) is 2. The van der Waals surface area contributed by atoms with Gasteiger partial charge in [-0.3, -0.25) is 4.79 Å². The quantitative estimate of drug-likeness (QED) is 0.359. The number of urea groups is 1. The number of nitrogen functional groups attached to an aromatic ring is 2. The van der Waals surface area contributed by atoms with Crippen LogP contribution in [0.5, 0.6) is 11.5 Å². The Balaban J connectivity index is 1.21. The average molecular weight is 580 g/mol. The zero-order valence-corrected chi connectivity index (χ0v) is 23.8. The second-order valence-corrected chi connectivity index (χ2v) is 10.9. The molecular weight excluding hydrogens is 543 g/mol. The van der Waals surface area contributed by atoms with E-state index in [0.29, 0.717) is 63.2 Å². The van der Waals surface area contributed by atoms with Gasteiger partial charge < -0.3 is 41.4 Å². The van der Waals surface area contributed by atoms with Gasteiger partial charge in [-0.15, -0.1) is 0 Å². The van der Waals surface area contributed by atoms with Gasteiger partial charge in [0.25, 0.3) is 5.91 Å². The number of carbonyl (C=O) groups excluding carboxylic acids is 2. The van der Waals surface area contributed by atoms with E-state index in [4.69, 9.17) is 44.1 Å². The first-order valence-corrected chi connectivity index (χ1v) is 13.8. The maximum absolute atomic E-state index is 12.9. The molecule has 2 aromatic carbocycles. The Kier molecular flexibility index (Phi) is 9.53. The highest BCUT2D eigenvalue weighted by Gasteiger charge is 2.28. The van der Waals surface area contributed by atoms with Crippen molar-refractivity contribution < 1.29 is 19.1 Å². The number of anilines is 3. The van der Waals surface area contributed by atoms with Crippen molar-refractivity contribution in [3.63, 3.8) is 0 Å². The summed E-state index contributed by atoms with van der Waals surface area (Å²) in [4.78, 5) is 30.0. The van der Waals surface area contributed by atoms with Gasteiger partial charge >= 0.3 is 6.03 Å². The fourth-order valence-electron chi connectivity index (χ4n) is 5.15. The van der Waals surface area contributed by atoms with Crippen LogP contribution in [-0.2, 0) is 0 Å². The van der Waals surface area contributed by atoms with Crippen LogP contribution in [0.25, 0.3) is 0 Å². The van der Waals surface area contributed by atoms with Crippen LogP contribution in [0.1, 0.15) is 36.0 Å². The molecule has 2 aromatic rings. The Morgan fingerprint density at radius 3 is 2.10 bits per heavy atom. The standard InChI is InChI=1S/C27H36Cl2N6O4/c1-38-24-13-21(30)19(28)11-18(24)26(36)32-17-5-7-34(8-6-17)15-16-3-9-35(10-4-16)27(37)33-23-12-20(29)22(31)14-25(23)39-2/h11-14,16-17H,3-10,15,30-31H2,1-2H3,(H,32,36)(H,33,37). The van der Waals surface area contributed by atoms with Crippen LogP contribution in [0, 0.1) is 5.92 Å². The number of hydrogen-bond donors (Lipinski definition) is 4. The number of carbonyl (C=O) groups is 2. The number of halogens is 2. The molecule has 39 heavy (non-hydrogen) atoms. The third kappa shape index (κ3) is 7.12. The van der Waals surface area contributed by atoms with Gasteiger partial charge in [0.2, 0.25) is 0 Å². The third-order valence-electron chi connectivity index (χ3n) is 7.46. The van der Waals surface area contributed by atoms with Crippen molar-refractivity contribution in [2.75, 3.05) is 63.7 Å². The molecule has 212 valence electrons. The molecule has 0 atom stereocenters. The lowest BCUT2D eigenvalue weighted by molar-refractivity contribution is 0.0892. The highest BCUT2D eigenvalue weighted by molar-refractivity contribution is 6.34. The predicted octanol–water partition coefficient (Wildman–Crippen LogP) is 4.31. The summed E-state index contributed by atoms with van der Waals surface area (Å²) in [6.45, 7) is 4.16. The number of nitrogens with two attached hydrogens (primary N) is 2. The second kappa shape index (κ2) is 12.8. The zero-order chi connectivity index (χ0) is 28.1. The molecule has 2 saturated heterocycles. The molecule has 2 heterocycles. The molecule has 0 bridgehead atoms. The van der Waals surface area contributed by atoms with E-state index in [1.54, 1.807) is 24.3 Å². The van der Waals surface area contributed by atoms with Crippen molar-refractivity contribution >= 4 is 52.2 Å². The lowest BCUT2D eigenvalue weighted by atomic mass is 9.95. The summed E-state index contributed by atoms with van der Waals surface area (Å²) in [5, 5.41) is 6.70. The van der Waals surface area contributed by atoms with Crippen LogP contribution in [-0.4, -0.2) is 74.7 Å². The van der Waals surface area contributed by atoms with Crippen molar-refractivity contribution in [1.29, 1.82) is 0 Å². The topological polar surface area (TPSA) is 135 Å². The van der Waals surface area contributed by atoms with Gasteiger partial charge in [0.15, 0.2) is 0 Å². The summed E-state index contributed by atoms with van der Waals surface area (Å²) in [6.07, 6.45) is 3.59. The molecule has 3 amide bonds. The number of amides is 3. The molecule has 0 aromatic heterocycles. The number of ether oxygens (including phenoxy) is 2. The molecule has 2 fully saturated rings. The molecular formula is C27H36Cl2N6O4. The number of rotatable bonds is 7. The van der Waals surface area contributed by atoms with E-state index in [9.17, 15) is 9.59 Å². The Labute approximate surface area is 238 Å². The minimum atomic E-state index is -0.211. The number of piperidine rings is 2. The van der Waals surface area contributed by atoms with Crippen LogP contribution in [0.3, 0.4) is 0 Å². The van der Waals surface area contributed by atoms with Crippen molar-refractivity contribution in [3.05, 3.63) is 39.9 Å². The highest BCUT2D eigenvalue weighted by atomic mass is 35.5. The monoisotopic (exact) mass is 578 g/mol. The summed E-state index contributed by atoms with van der Waals surface area (Å²) < 4.78 is 10.6. The van der Waals surface area contributed by atoms with Crippen molar-refractivity contribution in [2.24, 2.45) is 5.92 Å². The molecule has 12 heteroatoms. The molecule has 0 spiro atoms. The minimum absolute atomic E-state index is 0.0826. The predicted molar refractivity (Wildman–Crippen MR) is 155 cm³/mol. The Bertz CT molecular complexity index is 1200. The highest BCUT2D eigenvalue weighted by Crippen LogP contribution is 2.33. The van der Waals surface area contributed by atoms with Gasteiger partial charge in [-0.2, -0.15) is 0 Å². The molecule has 2 aliphatic rings. The molecule has 6 N–H and O–H groups in total. The molecule has 4 rings (SSSR count). The largest absolute Gasteiger partial charge is 0.496 e. The Hall–Kier alpha value is -3.08. The van der Waals surface area contributed by atoms with Crippen LogP contribution in [0.2, 0.25) is 10.0 Å². The van der Waals surface area contributed by atoms with Crippen LogP contribution < -0.4 is 31.6 Å². The van der Waals surface area contributed by atoms with Gasteiger partial charge in [0.05, 0.1) is 46.9 Å². The Morgan fingerprint density at radius 1 is 0.897 bits per heavy atom. The fourth-order valence-corrected chi connectivity index (χ4v) is 5.48. The normalized spacial score (nSPS) is 17.1. The molecule has 2 aliphatic heterocycles. The molecule has 0 radical (unpaired) electrons. The van der Waals surface area contributed by atoms with Crippen LogP contribution in [0.4, 0.5) is 21.9 Å². The van der Waals surface area contributed by atoms with Crippen molar-refractivity contribution in [3.8, 4) is 11.5 Å². The fraction of sp³-hybridized carbons (Fsp3) is 0.481. The smallest absolute Gasteiger partial charge is 0.321 e. The summed E-state index contributed by atoms with van der Waals surface area (Å²) in [6, 6.07) is 6.23. The van der Waals surface area contributed by atoms with Gasteiger partial charge in [-0.25, -0.2) is 4.79 Å². The lowest BCUT2D eigenvalue weighted by Gasteiger charge is -2.37. The number of nitrogens with one attached hydrogen (secondary N) is 2. The van der Waals surface area contributed by atoms with E-state index in [2.05, 4.69) is 15.5 Å². The van der Waals surface area contributed by atoms with E-state index >= 15 is 0 Å². The first kappa shape index (κ1) is 28.9. The zero-order valence-electron chi connectivity index (χ0n) is 22.3. The summed E-state index contributed by atoms with van der Waals surface area (Å²) in [7, 11) is 3.02. The number of benzene rings is 2. The maximum atomic E-state index is 12.9. The van der Waals surface area contributed by atoms with Crippen LogP contribution in [0.15, 0.2) is 24.3 Å². The van der Waals surface area contributed by atoms with Crippen molar-refractivity contribution in [2.45, 2.75) is 31.7 Å². The minimum Gasteiger partial charge on any atom is -0.496 e. The van der Waals surface area contributed by atoms with Gasteiger partial charge in [0.1, 0.15) is 11.5 Å². The van der Waals surface area contributed by atoms with E-state index in [0.717, 1.165) is 45.3 Å². The van der Waals surface area contributed by atoms with E-state index in [1.807, 2.05) is 4.90 Å². The maximum Gasteiger partial charge on any atom is 0.321 e. The summed E-state index contributed by atoms with van der Waals surface area (Å²) >= 11 is 12.2.